The average molecular weight is 419 g/mol. The van der Waals surface area contributed by atoms with Crippen molar-refractivity contribution in [1.82, 2.24) is 9.71 Å². The van der Waals surface area contributed by atoms with Crippen molar-refractivity contribution in [2.75, 3.05) is 12.4 Å². The summed E-state index contributed by atoms with van der Waals surface area (Å²) in [4.78, 5) is 29.0. The molecule has 0 radical (unpaired) electrons. The number of carbonyl (C=O) groups is 2. The number of fused-ring (bicyclic) bond motifs is 1. The highest BCUT2D eigenvalue weighted by Crippen LogP contribution is 2.26. The highest BCUT2D eigenvalue weighted by molar-refractivity contribution is 8.12. The second kappa shape index (κ2) is 8.71. The first-order valence-corrected chi connectivity index (χ1v) is 9.83. The number of anilines is 1. The molecule has 7 nitrogen and oxygen atoms in total. The van der Waals surface area contributed by atoms with E-state index in [-0.39, 0.29) is 5.12 Å². The Morgan fingerprint density at radius 1 is 1.00 bits per heavy atom. The van der Waals surface area contributed by atoms with Crippen LogP contribution in [-0.4, -0.2) is 23.2 Å². The normalized spacial score (nSPS) is 10.6. The van der Waals surface area contributed by atoms with Gasteiger partial charge >= 0.3 is 6.03 Å². The zero-order valence-electron chi connectivity index (χ0n) is 15.9. The van der Waals surface area contributed by atoms with Crippen LogP contribution in [0.15, 0.2) is 77.2 Å². The van der Waals surface area contributed by atoms with Gasteiger partial charge in [-0.2, -0.15) is 0 Å². The van der Waals surface area contributed by atoms with Crippen LogP contribution in [-0.2, 0) is 0 Å². The van der Waals surface area contributed by atoms with E-state index in [0.717, 1.165) is 11.1 Å². The Kier molecular flexibility index (Phi) is 5.67. The van der Waals surface area contributed by atoms with Crippen molar-refractivity contribution in [1.29, 1.82) is 0 Å². The Hall–Kier alpha value is -3.78. The van der Waals surface area contributed by atoms with Gasteiger partial charge in [0.2, 0.25) is 11.0 Å². The number of ether oxygens (including phenoxy) is 1. The number of hydrogen-bond acceptors (Lipinski definition) is 6. The van der Waals surface area contributed by atoms with Gasteiger partial charge in [0.05, 0.1) is 12.7 Å². The largest absolute Gasteiger partial charge is 0.496 e. The van der Waals surface area contributed by atoms with Crippen molar-refractivity contribution in [3.8, 4) is 17.2 Å². The molecule has 0 spiro atoms. The van der Waals surface area contributed by atoms with Crippen LogP contribution in [0.1, 0.15) is 10.4 Å². The van der Waals surface area contributed by atoms with Crippen LogP contribution in [0.2, 0.25) is 0 Å². The zero-order chi connectivity index (χ0) is 20.9. The van der Waals surface area contributed by atoms with E-state index in [0.29, 0.717) is 40.4 Å². The zero-order valence-corrected chi connectivity index (χ0v) is 16.7. The average Bonchev–Trinajstić information content (AvgIpc) is 3.22. The van der Waals surface area contributed by atoms with Crippen molar-refractivity contribution in [2.45, 2.75) is 0 Å². The molecule has 150 valence electrons. The van der Waals surface area contributed by atoms with E-state index in [1.165, 1.54) is 7.11 Å². The summed E-state index contributed by atoms with van der Waals surface area (Å²) >= 11 is 0.678. The molecule has 1 heterocycles. The molecular weight excluding hydrogens is 402 g/mol. The Balaban J connectivity index is 1.41. The quantitative estimate of drug-likeness (QED) is 0.446. The molecule has 0 unspecified atom stereocenters. The second-order valence-electron chi connectivity index (χ2n) is 6.21. The van der Waals surface area contributed by atoms with Crippen molar-refractivity contribution < 1.29 is 18.7 Å². The minimum absolute atomic E-state index is 0.331. The van der Waals surface area contributed by atoms with Gasteiger partial charge < -0.3 is 14.5 Å². The SMILES string of the molecule is COc1ccccc1C(=O)SNC(=O)Nc1cccc(-c2nc3ccccc3o2)c1. The fraction of sp³-hybridized carbons (Fsp3) is 0.0455. The molecule has 0 aliphatic heterocycles. The summed E-state index contributed by atoms with van der Waals surface area (Å²) in [5.74, 6) is 0.907. The van der Waals surface area contributed by atoms with Crippen molar-refractivity contribution >= 4 is 39.9 Å². The molecule has 30 heavy (non-hydrogen) atoms. The lowest BCUT2D eigenvalue weighted by atomic mass is 10.2. The summed E-state index contributed by atoms with van der Waals surface area (Å²) in [6.07, 6.45) is 0. The van der Waals surface area contributed by atoms with Gasteiger partial charge in [-0.15, -0.1) is 0 Å². The van der Waals surface area contributed by atoms with Gasteiger partial charge in [0.1, 0.15) is 11.3 Å². The predicted octanol–water partition coefficient (Wildman–Crippen LogP) is 5.11. The van der Waals surface area contributed by atoms with Gasteiger partial charge in [-0.3, -0.25) is 9.52 Å². The molecule has 4 rings (SSSR count). The number of carbonyl (C=O) groups excluding carboxylic acids is 2. The maximum atomic E-state index is 12.3. The lowest BCUT2D eigenvalue weighted by molar-refractivity contribution is 0.108. The molecule has 0 bridgehead atoms. The molecule has 3 aromatic carbocycles. The highest BCUT2D eigenvalue weighted by Gasteiger charge is 2.14. The maximum absolute atomic E-state index is 12.3. The summed E-state index contributed by atoms with van der Waals surface area (Å²) in [6.45, 7) is 0. The van der Waals surface area contributed by atoms with Gasteiger partial charge in [0.15, 0.2) is 5.58 Å². The molecule has 0 aliphatic rings. The Labute approximate surface area is 176 Å². The molecule has 0 fully saturated rings. The van der Waals surface area contributed by atoms with Crippen molar-refractivity contribution in [3.63, 3.8) is 0 Å². The Morgan fingerprint density at radius 3 is 2.63 bits per heavy atom. The van der Waals surface area contributed by atoms with Crippen LogP contribution in [0, 0.1) is 0 Å². The lowest BCUT2D eigenvalue weighted by Gasteiger charge is -2.09. The van der Waals surface area contributed by atoms with Crippen LogP contribution in [0.4, 0.5) is 10.5 Å². The fourth-order valence-electron chi connectivity index (χ4n) is 2.84. The van der Waals surface area contributed by atoms with Gasteiger partial charge in [-0.1, -0.05) is 30.3 Å². The third-order valence-electron chi connectivity index (χ3n) is 4.22. The minimum Gasteiger partial charge on any atom is -0.496 e. The molecule has 0 atom stereocenters. The van der Waals surface area contributed by atoms with E-state index >= 15 is 0 Å². The first-order chi connectivity index (χ1) is 14.6. The molecule has 0 aliphatic carbocycles. The molecule has 0 saturated heterocycles. The maximum Gasteiger partial charge on any atom is 0.329 e. The van der Waals surface area contributed by atoms with E-state index in [1.54, 1.807) is 42.5 Å². The van der Waals surface area contributed by atoms with Gasteiger partial charge in [-0.05, 0) is 42.5 Å². The number of oxazole rings is 1. The predicted molar refractivity (Wildman–Crippen MR) is 117 cm³/mol. The van der Waals surface area contributed by atoms with Gasteiger partial charge in [0, 0.05) is 23.2 Å². The second-order valence-corrected chi connectivity index (χ2v) is 6.99. The number of amides is 2. The topological polar surface area (TPSA) is 93.5 Å². The molecule has 1 aromatic heterocycles. The lowest BCUT2D eigenvalue weighted by Crippen LogP contribution is -2.24. The summed E-state index contributed by atoms with van der Waals surface area (Å²) in [5.41, 5.74) is 3.09. The van der Waals surface area contributed by atoms with E-state index in [1.807, 2.05) is 30.3 Å². The number of urea groups is 1. The summed E-state index contributed by atoms with van der Waals surface area (Å²) < 4.78 is 13.4. The highest BCUT2D eigenvalue weighted by atomic mass is 32.2. The van der Waals surface area contributed by atoms with Gasteiger partial charge in [0.25, 0.3) is 0 Å². The first-order valence-electron chi connectivity index (χ1n) is 9.01. The van der Waals surface area contributed by atoms with E-state index < -0.39 is 6.03 Å². The minimum atomic E-state index is -0.530. The van der Waals surface area contributed by atoms with Gasteiger partial charge in [-0.25, -0.2) is 9.78 Å². The van der Waals surface area contributed by atoms with E-state index in [9.17, 15) is 9.59 Å². The molecule has 8 heteroatoms. The number of rotatable bonds is 4. The standard InChI is InChI=1S/C22H17N3O4S/c1-28-18-11-4-2-9-16(18)21(26)30-25-22(27)23-15-8-6-7-14(13-15)20-24-17-10-3-5-12-19(17)29-20/h2-13H,1H3,(H2,23,25,27). The van der Waals surface area contributed by atoms with Crippen LogP contribution >= 0.6 is 11.9 Å². The van der Waals surface area contributed by atoms with Crippen LogP contribution in [0.5, 0.6) is 5.75 Å². The van der Waals surface area contributed by atoms with Crippen LogP contribution < -0.4 is 14.8 Å². The smallest absolute Gasteiger partial charge is 0.329 e. The molecular formula is C22H17N3O4S. The Bertz CT molecular complexity index is 1190. The monoisotopic (exact) mass is 419 g/mol. The number of benzene rings is 3. The van der Waals surface area contributed by atoms with Crippen LogP contribution in [0.25, 0.3) is 22.6 Å². The molecule has 4 aromatic rings. The Morgan fingerprint density at radius 2 is 1.80 bits per heavy atom. The van der Waals surface area contributed by atoms with E-state index in [2.05, 4.69) is 15.0 Å². The number of methoxy groups -OCH3 is 1. The van der Waals surface area contributed by atoms with E-state index in [4.69, 9.17) is 9.15 Å². The molecule has 2 amide bonds. The number of nitrogens with one attached hydrogen (secondary N) is 2. The number of aromatic nitrogens is 1. The third-order valence-corrected chi connectivity index (χ3v) is 4.92. The van der Waals surface area contributed by atoms with Crippen LogP contribution in [0.3, 0.4) is 0 Å². The number of para-hydroxylation sites is 3. The molecule has 0 saturated carbocycles. The summed E-state index contributed by atoms with van der Waals surface area (Å²) in [6, 6.07) is 20.9. The fourth-order valence-corrected chi connectivity index (χ4v) is 3.36. The third kappa shape index (κ3) is 4.28. The van der Waals surface area contributed by atoms with Crippen molar-refractivity contribution in [2.24, 2.45) is 0 Å². The number of hydrogen-bond donors (Lipinski definition) is 2. The number of nitrogens with zero attached hydrogens (tertiary/aromatic N) is 1. The van der Waals surface area contributed by atoms with Crippen molar-refractivity contribution in [3.05, 3.63) is 78.4 Å². The first kappa shape index (κ1) is 19.5. The summed E-state index contributed by atoms with van der Waals surface area (Å²) in [5, 5.41) is 2.37. The summed E-state index contributed by atoms with van der Waals surface area (Å²) in [7, 11) is 1.49. The molecule has 2 N–H and O–H groups in total.